The molecule has 0 amide bonds. The standard InChI is InChI=1S/C28H56NO4/c1-9-25(15-11-13-23(3)4)21-27(30)32-19-17-29(7,8)18-20-33-28(31)22-26(10-2)16-12-14-24(5)6/h23-26H,9-22H2,1-8H3/q+1. The van der Waals surface area contributed by atoms with Gasteiger partial charge in [-0.3, -0.25) is 9.59 Å². The highest BCUT2D eigenvalue weighted by molar-refractivity contribution is 5.70. The fourth-order valence-corrected chi connectivity index (χ4v) is 4.04. The fourth-order valence-electron chi connectivity index (χ4n) is 4.04. The molecule has 5 heteroatoms. The average Bonchev–Trinajstić information content (AvgIpc) is 2.71. The van der Waals surface area contributed by atoms with Crippen LogP contribution in [0.5, 0.6) is 0 Å². The van der Waals surface area contributed by atoms with E-state index in [2.05, 4.69) is 55.6 Å². The Labute approximate surface area is 205 Å². The van der Waals surface area contributed by atoms with Gasteiger partial charge in [-0.15, -0.1) is 0 Å². The molecular formula is C28H56NO4+. The highest BCUT2D eigenvalue weighted by atomic mass is 16.5. The number of carbonyl (C=O) groups is 2. The van der Waals surface area contributed by atoms with E-state index < -0.39 is 0 Å². The summed E-state index contributed by atoms with van der Waals surface area (Å²) in [5, 5.41) is 0. The molecule has 33 heavy (non-hydrogen) atoms. The largest absolute Gasteiger partial charge is 0.460 e. The summed E-state index contributed by atoms with van der Waals surface area (Å²) in [6.45, 7) is 15.6. The maximum atomic E-state index is 12.2. The second-order valence-electron chi connectivity index (χ2n) is 11.4. The first kappa shape index (κ1) is 31.9. The van der Waals surface area contributed by atoms with Gasteiger partial charge in [-0.05, 0) is 36.5 Å². The second kappa shape index (κ2) is 18.3. The maximum absolute atomic E-state index is 12.2. The molecule has 0 bridgehead atoms. The van der Waals surface area contributed by atoms with Crippen molar-refractivity contribution >= 4 is 11.9 Å². The summed E-state index contributed by atoms with van der Waals surface area (Å²) in [6, 6.07) is 0. The van der Waals surface area contributed by atoms with Crippen LogP contribution in [0.1, 0.15) is 106 Å². The molecule has 0 fully saturated rings. The van der Waals surface area contributed by atoms with Crippen LogP contribution in [0.15, 0.2) is 0 Å². The zero-order valence-corrected chi connectivity index (χ0v) is 23.3. The van der Waals surface area contributed by atoms with Gasteiger partial charge >= 0.3 is 11.9 Å². The van der Waals surface area contributed by atoms with Gasteiger partial charge in [0.15, 0.2) is 0 Å². The zero-order chi connectivity index (χ0) is 25.3. The predicted octanol–water partition coefficient (Wildman–Crippen LogP) is 6.63. The van der Waals surface area contributed by atoms with Gasteiger partial charge in [0.1, 0.15) is 26.3 Å². The van der Waals surface area contributed by atoms with Crippen molar-refractivity contribution in [2.24, 2.45) is 23.7 Å². The third-order valence-corrected chi connectivity index (χ3v) is 6.77. The number of esters is 2. The van der Waals surface area contributed by atoms with Crippen LogP contribution in [-0.4, -0.2) is 56.8 Å². The summed E-state index contributed by atoms with van der Waals surface area (Å²) in [5.74, 6) is 2.13. The van der Waals surface area contributed by atoms with Crippen LogP contribution in [0.2, 0.25) is 0 Å². The number of likely N-dealkylation sites (N-methyl/N-ethyl adjacent to an activating group) is 1. The van der Waals surface area contributed by atoms with Crippen molar-refractivity contribution in [1.82, 2.24) is 0 Å². The topological polar surface area (TPSA) is 52.6 Å². The van der Waals surface area contributed by atoms with Gasteiger partial charge in [-0.1, -0.05) is 80.1 Å². The van der Waals surface area contributed by atoms with Crippen LogP contribution in [0.25, 0.3) is 0 Å². The number of nitrogens with zero attached hydrogens (tertiary/aromatic N) is 1. The van der Waals surface area contributed by atoms with Crippen molar-refractivity contribution in [1.29, 1.82) is 0 Å². The number of quaternary nitrogens is 1. The van der Waals surface area contributed by atoms with Crippen LogP contribution in [0.3, 0.4) is 0 Å². The van der Waals surface area contributed by atoms with E-state index in [1.807, 2.05) is 0 Å². The van der Waals surface area contributed by atoms with Gasteiger partial charge in [0.25, 0.3) is 0 Å². The molecule has 0 rings (SSSR count). The van der Waals surface area contributed by atoms with Gasteiger partial charge < -0.3 is 14.0 Å². The molecule has 196 valence electrons. The van der Waals surface area contributed by atoms with Gasteiger partial charge in [-0.25, -0.2) is 0 Å². The van der Waals surface area contributed by atoms with Crippen molar-refractivity contribution in [3.05, 3.63) is 0 Å². The van der Waals surface area contributed by atoms with E-state index in [1.165, 1.54) is 25.7 Å². The molecule has 0 aliphatic rings. The maximum Gasteiger partial charge on any atom is 0.306 e. The van der Waals surface area contributed by atoms with Gasteiger partial charge in [0.05, 0.1) is 14.1 Å². The number of ether oxygens (including phenoxy) is 2. The molecular weight excluding hydrogens is 414 g/mol. The molecule has 0 heterocycles. The van der Waals surface area contributed by atoms with Gasteiger partial charge in [-0.2, -0.15) is 0 Å². The molecule has 0 N–H and O–H groups in total. The molecule has 2 unspecified atom stereocenters. The Balaban J connectivity index is 4.10. The molecule has 0 saturated heterocycles. The lowest BCUT2D eigenvalue weighted by Crippen LogP contribution is -2.45. The Bertz CT molecular complexity index is 472. The monoisotopic (exact) mass is 470 g/mol. The van der Waals surface area contributed by atoms with Crippen molar-refractivity contribution in [3.63, 3.8) is 0 Å². The molecule has 5 nitrogen and oxygen atoms in total. The fraction of sp³-hybridized carbons (Fsp3) is 0.929. The van der Waals surface area contributed by atoms with E-state index >= 15 is 0 Å². The SMILES string of the molecule is CCC(CCCC(C)C)CC(=O)OCC[N+](C)(C)CCOC(=O)CC(CC)CCCC(C)C. The van der Waals surface area contributed by atoms with Gasteiger partial charge in [0.2, 0.25) is 0 Å². The van der Waals surface area contributed by atoms with E-state index in [0.29, 0.717) is 42.4 Å². The summed E-state index contributed by atoms with van der Waals surface area (Å²) in [4.78, 5) is 24.5. The number of rotatable bonds is 20. The lowest BCUT2D eigenvalue weighted by atomic mass is 9.94. The highest BCUT2D eigenvalue weighted by Gasteiger charge is 2.19. The van der Waals surface area contributed by atoms with E-state index in [9.17, 15) is 9.59 Å². The van der Waals surface area contributed by atoms with Crippen LogP contribution in [0, 0.1) is 23.7 Å². The van der Waals surface area contributed by atoms with Crippen molar-refractivity contribution in [3.8, 4) is 0 Å². The Hall–Kier alpha value is -1.10. The first-order valence-corrected chi connectivity index (χ1v) is 13.6. The number of carbonyl (C=O) groups excluding carboxylic acids is 2. The van der Waals surface area contributed by atoms with Crippen LogP contribution in [-0.2, 0) is 19.1 Å². The molecule has 0 aliphatic carbocycles. The van der Waals surface area contributed by atoms with Crippen LogP contribution >= 0.6 is 0 Å². The third-order valence-electron chi connectivity index (χ3n) is 6.77. The molecule has 0 spiro atoms. The summed E-state index contributed by atoms with van der Waals surface area (Å²) in [5.41, 5.74) is 0. The van der Waals surface area contributed by atoms with E-state index in [-0.39, 0.29) is 11.9 Å². The Morgan fingerprint density at radius 2 is 1.03 bits per heavy atom. The minimum atomic E-state index is -0.0825. The second-order valence-corrected chi connectivity index (χ2v) is 11.4. The average molecular weight is 471 g/mol. The summed E-state index contributed by atoms with van der Waals surface area (Å²) < 4.78 is 11.7. The molecule has 0 aromatic rings. The van der Waals surface area contributed by atoms with Gasteiger partial charge in [0, 0.05) is 12.8 Å². The van der Waals surface area contributed by atoms with E-state index in [4.69, 9.17) is 9.47 Å². The Morgan fingerprint density at radius 1 is 0.667 bits per heavy atom. The van der Waals surface area contributed by atoms with Crippen LogP contribution < -0.4 is 0 Å². The molecule has 0 aliphatic heterocycles. The van der Waals surface area contributed by atoms with Crippen molar-refractivity contribution in [2.45, 2.75) is 106 Å². The smallest absolute Gasteiger partial charge is 0.306 e. The number of hydrogen-bond donors (Lipinski definition) is 0. The predicted molar refractivity (Wildman–Crippen MR) is 138 cm³/mol. The van der Waals surface area contributed by atoms with Crippen molar-refractivity contribution in [2.75, 3.05) is 40.4 Å². The summed E-state index contributed by atoms with van der Waals surface area (Å²) in [6.07, 6.45) is 10.1. The first-order valence-electron chi connectivity index (χ1n) is 13.6. The normalized spacial score (nSPS) is 13.9. The molecule has 0 aromatic heterocycles. The van der Waals surface area contributed by atoms with Crippen LogP contribution in [0.4, 0.5) is 0 Å². The highest BCUT2D eigenvalue weighted by Crippen LogP contribution is 2.20. The lowest BCUT2D eigenvalue weighted by Gasteiger charge is -2.29. The Morgan fingerprint density at radius 3 is 1.33 bits per heavy atom. The molecule has 0 radical (unpaired) electrons. The minimum Gasteiger partial charge on any atom is -0.460 e. The van der Waals surface area contributed by atoms with E-state index in [0.717, 1.165) is 50.6 Å². The number of hydrogen-bond acceptors (Lipinski definition) is 4. The lowest BCUT2D eigenvalue weighted by molar-refractivity contribution is -0.890. The zero-order valence-electron chi connectivity index (χ0n) is 23.3. The minimum absolute atomic E-state index is 0.0825. The summed E-state index contributed by atoms with van der Waals surface area (Å²) in [7, 11) is 4.17. The molecule has 0 aromatic carbocycles. The van der Waals surface area contributed by atoms with Crippen molar-refractivity contribution < 1.29 is 23.5 Å². The molecule has 2 atom stereocenters. The quantitative estimate of drug-likeness (QED) is 0.148. The third kappa shape index (κ3) is 19.0. The van der Waals surface area contributed by atoms with E-state index in [1.54, 1.807) is 0 Å². The summed E-state index contributed by atoms with van der Waals surface area (Å²) >= 11 is 0. The molecule has 0 saturated carbocycles. The first-order chi connectivity index (χ1) is 15.5. The Kier molecular flexibility index (Phi) is 17.6.